The van der Waals surface area contributed by atoms with Gasteiger partial charge >= 0.3 is 6.09 Å². The first kappa shape index (κ1) is 12.4. The molecule has 100 valence electrons. The van der Waals surface area contributed by atoms with Crippen LogP contribution in [-0.2, 0) is 0 Å². The van der Waals surface area contributed by atoms with Crippen molar-refractivity contribution in [2.24, 2.45) is 5.73 Å². The summed E-state index contributed by atoms with van der Waals surface area (Å²) in [6.07, 6.45) is -0.841. The highest BCUT2D eigenvalue weighted by Crippen LogP contribution is 2.34. The van der Waals surface area contributed by atoms with Crippen LogP contribution in [0, 0.1) is 0 Å². The van der Waals surface area contributed by atoms with Gasteiger partial charge in [-0.3, -0.25) is 0 Å². The number of nitrogens with zero attached hydrogens (tertiary/aromatic N) is 1. The number of benzene rings is 2. The van der Waals surface area contributed by atoms with Gasteiger partial charge in [-0.2, -0.15) is 0 Å². The number of aromatic nitrogens is 1. The van der Waals surface area contributed by atoms with Gasteiger partial charge in [-0.15, -0.1) is 11.3 Å². The van der Waals surface area contributed by atoms with E-state index in [1.165, 1.54) is 11.3 Å². The van der Waals surface area contributed by atoms with Gasteiger partial charge in [0, 0.05) is 17.3 Å². The van der Waals surface area contributed by atoms with Gasteiger partial charge in [-0.1, -0.05) is 12.1 Å². The molecule has 0 unspecified atom stereocenters. The Bertz CT molecular complexity index is 798. The van der Waals surface area contributed by atoms with Crippen molar-refractivity contribution in [1.82, 2.24) is 4.98 Å². The van der Waals surface area contributed by atoms with Crippen LogP contribution in [0.2, 0.25) is 0 Å². The van der Waals surface area contributed by atoms with Crippen LogP contribution in [0.1, 0.15) is 0 Å². The van der Waals surface area contributed by atoms with Crippen LogP contribution in [0.25, 0.3) is 20.8 Å². The maximum Gasteiger partial charge on any atom is 0.409 e. The number of primary amides is 1. The quantitative estimate of drug-likeness (QED) is 0.708. The molecule has 4 N–H and O–H groups in total. The van der Waals surface area contributed by atoms with E-state index >= 15 is 0 Å². The number of hydrogen-bond acceptors (Lipinski definition) is 5. The van der Waals surface area contributed by atoms with E-state index in [4.69, 9.17) is 16.2 Å². The molecule has 0 aliphatic rings. The fourth-order valence-electron chi connectivity index (χ4n) is 1.89. The highest BCUT2D eigenvalue weighted by atomic mass is 32.1. The fourth-order valence-corrected chi connectivity index (χ4v) is 2.89. The largest absolute Gasteiger partial charge is 0.410 e. The number of thiazole rings is 1. The molecule has 1 amide bonds. The van der Waals surface area contributed by atoms with Crippen molar-refractivity contribution in [2.75, 3.05) is 5.73 Å². The van der Waals surface area contributed by atoms with Crippen LogP contribution in [-0.4, -0.2) is 11.1 Å². The summed E-state index contributed by atoms with van der Waals surface area (Å²) in [6.45, 7) is 0. The molecule has 20 heavy (non-hydrogen) atoms. The monoisotopic (exact) mass is 285 g/mol. The van der Waals surface area contributed by atoms with E-state index in [1.807, 2.05) is 30.3 Å². The van der Waals surface area contributed by atoms with Crippen LogP contribution in [0.15, 0.2) is 42.5 Å². The van der Waals surface area contributed by atoms with Gasteiger partial charge in [-0.05, 0) is 24.3 Å². The van der Waals surface area contributed by atoms with Gasteiger partial charge in [-0.25, -0.2) is 9.78 Å². The van der Waals surface area contributed by atoms with Gasteiger partial charge in [0.15, 0.2) is 0 Å². The highest BCUT2D eigenvalue weighted by molar-refractivity contribution is 7.21. The molecule has 5 nitrogen and oxygen atoms in total. The molecule has 3 rings (SSSR count). The second-order valence-corrected chi connectivity index (χ2v) is 5.19. The number of hydrogen-bond donors (Lipinski definition) is 2. The standard InChI is InChI=1S/C14H11N3O2S/c15-10-4-2-1-3-9(10)13-17-11-7-8(19-14(16)18)5-6-12(11)20-13/h1-7H,15H2,(H2,16,18). The number of nitrogens with two attached hydrogens (primary N) is 2. The minimum absolute atomic E-state index is 0.378. The first-order valence-corrected chi connectivity index (χ1v) is 6.68. The number of carbonyl (C=O) groups is 1. The van der Waals surface area contributed by atoms with Crippen LogP contribution < -0.4 is 16.2 Å². The SMILES string of the molecule is NC(=O)Oc1ccc2sc(-c3ccccc3N)nc2c1. The molecule has 0 bridgehead atoms. The van der Waals surface area contributed by atoms with E-state index in [-0.39, 0.29) is 0 Å². The van der Waals surface area contributed by atoms with Crippen molar-refractivity contribution in [3.63, 3.8) is 0 Å². The fraction of sp³-hybridized carbons (Fsp3) is 0. The van der Waals surface area contributed by atoms with E-state index in [0.717, 1.165) is 20.8 Å². The Hall–Kier alpha value is -2.60. The zero-order valence-electron chi connectivity index (χ0n) is 10.4. The lowest BCUT2D eigenvalue weighted by molar-refractivity contribution is 0.211. The predicted octanol–water partition coefficient (Wildman–Crippen LogP) is 3.00. The molecule has 6 heteroatoms. The Morgan fingerprint density at radius 1 is 1.20 bits per heavy atom. The smallest absolute Gasteiger partial charge is 0.409 e. The zero-order valence-corrected chi connectivity index (χ0v) is 11.2. The second-order valence-electron chi connectivity index (χ2n) is 4.16. The molecule has 0 saturated carbocycles. The summed E-state index contributed by atoms with van der Waals surface area (Å²) in [5.74, 6) is 0.378. The average Bonchev–Trinajstić information content (AvgIpc) is 2.81. The number of fused-ring (bicyclic) bond motifs is 1. The molecule has 0 atom stereocenters. The number of carbonyl (C=O) groups excluding carboxylic acids is 1. The van der Waals surface area contributed by atoms with Crippen molar-refractivity contribution < 1.29 is 9.53 Å². The van der Waals surface area contributed by atoms with E-state index in [2.05, 4.69) is 4.98 Å². The third-order valence-corrected chi connectivity index (χ3v) is 3.84. The van der Waals surface area contributed by atoms with Gasteiger partial charge in [0.2, 0.25) is 0 Å². The van der Waals surface area contributed by atoms with Gasteiger partial charge in [0.25, 0.3) is 0 Å². The van der Waals surface area contributed by atoms with Crippen molar-refractivity contribution in [3.8, 4) is 16.3 Å². The second kappa shape index (κ2) is 4.82. The summed E-state index contributed by atoms with van der Waals surface area (Å²) in [6, 6.07) is 12.8. The van der Waals surface area contributed by atoms with E-state index in [1.54, 1.807) is 12.1 Å². The summed E-state index contributed by atoms with van der Waals surface area (Å²) in [7, 11) is 0. The third-order valence-electron chi connectivity index (χ3n) is 2.77. The third kappa shape index (κ3) is 2.28. The molecule has 0 aliphatic heterocycles. The molecular weight excluding hydrogens is 274 g/mol. The topological polar surface area (TPSA) is 91.2 Å². The summed E-state index contributed by atoms with van der Waals surface area (Å²) < 4.78 is 5.83. The Morgan fingerprint density at radius 3 is 2.75 bits per heavy atom. The first-order valence-electron chi connectivity index (χ1n) is 5.86. The van der Waals surface area contributed by atoms with E-state index < -0.39 is 6.09 Å². The number of anilines is 1. The van der Waals surface area contributed by atoms with Crippen LogP contribution in [0.3, 0.4) is 0 Å². The summed E-state index contributed by atoms with van der Waals surface area (Å²) in [4.78, 5) is 15.3. The van der Waals surface area contributed by atoms with Crippen molar-refractivity contribution in [2.45, 2.75) is 0 Å². The summed E-state index contributed by atoms with van der Waals surface area (Å²) >= 11 is 1.53. The summed E-state index contributed by atoms with van der Waals surface area (Å²) in [5.41, 5.74) is 13.3. The number of para-hydroxylation sites is 1. The lowest BCUT2D eigenvalue weighted by atomic mass is 10.2. The Morgan fingerprint density at radius 2 is 2.00 bits per heavy atom. The van der Waals surface area contributed by atoms with E-state index in [9.17, 15) is 4.79 Å². The van der Waals surface area contributed by atoms with Crippen molar-refractivity contribution in [3.05, 3.63) is 42.5 Å². The Kier molecular flexibility index (Phi) is 3.00. The molecular formula is C14H11N3O2S. The minimum Gasteiger partial charge on any atom is -0.410 e. The van der Waals surface area contributed by atoms with Gasteiger partial charge in [0.05, 0.1) is 10.2 Å². The molecule has 3 aromatic rings. The number of ether oxygens (including phenoxy) is 1. The van der Waals surface area contributed by atoms with Crippen LogP contribution >= 0.6 is 11.3 Å². The van der Waals surface area contributed by atoms with Gasteiger partial charge in [0.1, 0.15) is 10.8 Å². The molecule has 0 aliphatic carbocycles. The number of amides is 1. The lowest BCUT2D eigenvalue weighted by Crippen LogP contribution is -2.16. The Balaban J connectivity index is 2.07. The minimum atomic E-state index is -0.841. The zero-order chi connectivity index (χ0) is 14.1. The normalized spacial score (nSPS) is 10.6. The number of nitrogen functional groups attached to an aromatic ring is 1. The molecule has 0 spiro atoms. The summed E-state index contributed by atoms with van der Waals surface area (Å²) in [5, 5.41) is 0.828. The predicted molar refractivity (Wildman–Crippen MR) is 79.7 cm³/mol. The number of rotatable bonds is 2. The molecule has 1 heterocycles. The lowest BCUT2D eigenvalue weighted by Gasteiger charge is -1.99. The maximum absolute atomic E-state index is 10.7. The highest BCUT2D eigenvalue weighted by Gasteiger charge is 2.10. The van der Waals surface area contributed by atoms with Crippen molar-refractivity contribution in [1.29, 1.82) is 0 Å². The van der Waals surface area contributed by atoms with Crippen LogP contribution in [0.5, 0.6) is 5.75 Å². The molecule has 0 fully saturated rings. The molecule has 0 radical (unpaired) electrons. The first-order chi connectivity index (χ1) is 9.63. The molecule has 2 aromatic carbocycles. The maximum atomic E-state index is 10.7. The van der Waals surface area contributed by atoms with E-state index in [0.29, 0.717) is 11.4 Å². The average molecular weight is 285 g/mol. The van der Waals surface area contributed by atoms with Crippen molar-refractivity contribution >= 4 is 33.3 Å². The van der Waals surface area contributed by atoms with Crippen LogP contribution in [0.4, 0.5) is 10.5 Å². The molecule has 1 aromatic heterocycles. The van der Waals surface area contributed by atoms with Gasteiger partial charge < -0.3 is 16.2 Å². The Labute approximate surface area is 118 Å². The molecule has 0 saturated heterocycles.